The van der Waals surface area contributed by atoms with Gasteiger partial charge in [0.15, 0.2) is 0 Å². The van der Waals surface area contributed by atoms with Crippen LogP contribution in [-0.4, -0.2) is 13.3 Å². The van der Waals surface area contributed by atoms with Gasteiger partial charge in [0.25, 0.3) is 0 Å². The molecule has 0 N–H and O–H groups in total. The number of allylic oxidation sites excluding steroid dienone is 3. The van der Waals surface area contributed by atoms with Gasteiger partial charge in [0.1, 0.15) is 0 Å². The fourth-order valence-corrected chi connectivity index (χ4v) is 0.753. The highest BCUT2D eigenvalue weighted by molar-refractivity contribution is 5.80. The summed E-state index contributed by atoms with van der Waals surface area (Å²) in [5.41, 5.74) is 1.36. The molecule has 0 amide bonds. The second-order valence-corrected chi connectivity index (χ2v) is 3.50. The van der Waals surface area contributed by atoms with Crippen molar-refractivity contribution < 1.29 is 0 Å². The van der Waals surface area contributed by atoms with Crippen LogP contribution in [0.15, 0.2) is 29.3 Å². The lowest BCUT2D eigenvalue weighted by Crippen LogP contribution is -2.10. The summed E-state index contributed by atoms with van der Waals surface area (Å²) in [6.07, 6.45) is 5.66. The maximum Gasteiger partial charge on any atom is 0.0277 e. The molecule has 0 aliphatic heterocycles. The lowest BCUT2D eigenvalue weighted by molar-refractivity contribution is 0.526. The molecule has 0 rings (SSSR count). The summed E-state index contributed by atoms with van der Waals surface area (Å²) in [6.45, 7) is 10.1. The summed E-state index contributed by atoms with van der Waals surface area (Å²) in [5, 5.41) is 0. The van der Waals surface area contributed by atoms with Crippen LogP contribution in [-0.2, 0) is 0 Å². The smallest absolute Gasteiger partial charge is 0.0277 e. The molecule has 0 heterocycles. The van der Waals surface area contributed by atoms with E-state index in [1.165, 1.54) is 5.57 Å². The lowest BCUT2D eigenvalue weighted by atomic mass is 9.87. The van der Waals surface area contributed by atoms with E-state index in [0.717, 1.165) is 0 Å². The second kappa shape index (κ2) is 4.12. The Bertz CT molecular complexity index is 180. The van der Waals surface area contributed by atoms with Crippen LogP contribution >= 0.6 is 0 Å². The molecule has 62 valence electrons. The van der Waals surface area contributed by atoms with E-state index >= 15 is 0 Å². The molecular weight excluding hydrogens is 134 g/mol. The van der Waals surface area contributed by atoms with Crippen LogP contribution in [0.1, 0.15) is 20.8 Å². The van der Waals surface area contributed by atoms with Gasteiger partial charge in [0.2, 0.25) is 0 Å². The summed E-state index contributed by atoms with van der Waals surface area (Å²) >= 11 is 0. The number of nitrogens with zero attached hydrogens (tertiary/aromatic N) is 1. The second-order valence-electron chi connectivity index (χ2n) is 3.50. The Labute approximate surface area is 69.5 Å². The van der Waals surface area contributed by atoms with Crippen molar-refractivity contribution in [2.45, 2.75) is 20.8 Å². The van der Waals surface area contributed by atoms with Gasteiger partial charge >= 0.3 is 0 Å². The first kappa shape index (κ1) is 10.2. The monoisotopic (exact) mass is 151 g/mol. The standard InChI is InChI=1S/C10H17N/c1-6-7-9(8-11-5)10(2,3)4/h6-8H,1H2,2-5H3/b9-7+,11-8?. The molecule has 0 aromatic rings. The molecule has 1 nitrogen and oxygen atoms in total. The molecule has 0 radical (unpaired) electrons. The summed E-state index contributed by atoms with van der Waals surface area (Å²) in [5.74, 6) is 0. The maximum atomic E-state index is 3.98. The van der Waals surface area contributed by atoms with Gasteiger partial charge in [-0.25, -0.2) is 0 Å². The van der Waals surface area contributed by atoms with Crippen molar-refractivity contribution in [2.75, 3.05) is 7.05 Å². The van der Waals surface area contributed by atoms with Gasteiger partial charge < -0.3 is 0 Å². The van der Waals surface area contributed by atoms with Gasteiger partial charge in [-0.05, 0) is 11.0 Å². The molecule has 1 heteroatoms. The van der Waals surface area contributed by atoms with Crippen LogP contribution in [0.5, 0.6) is 0 Å². The van der Waals surface area contributed by atoms with E-state index in [2.05, 4.69) is 32.3 Å². The first-order chi connectivity index (χ1) is 5.02. The minimum Gasteiger partial charge on any atom is -0.296 e. The van der Waals surface area contributed by atoms with E-state index in [-0.39, 0.29) is 5.41 Å². The molecule has 0 aromatic heterocycles. The first-order valence-electron chi connectivity index (χ1n) is 3.77. The third-order valence-corrected chi connectivity index (χ3v) is 1.43. The summed E-state index contributed by atoms with van der Waals surface area (Å²) in [4.78, 5) is 3.98. The summed E-state index contributed by atoms with van der Waals surface area (Å²) < 4.78 is 0. The molecule has 0 aliphatic rings. The van der Waals surface area contributed by atoms with Crippen molar-refractivity contribution in [3.8, 4) is 0 Å². The van der Waals surface area contributed by atoms with Crippen LogP contribution in [0.25, 0.3) is 0 Å². The number of rotatable bonds is 2. The number of hydrogen-bond donors (Lipinski definition) is 0. The number of aliphatic imine (C=N–C) groups is 1. The molecule has 0 saturated carbocycles. The Morgan fingerprint density at radius 1 is 1.36 bits per heavy atom. The van der Waals surface area contributed by atoms with Gasteiger partial charge in [0, 0.05) is 13.3 Å². The molecule has 0 saturated heterocycles. The van der Waals surface area contributed by atoms with Crippen LogP contribution in [0.4, 0.5) is 0 Å². The molecule has 0 unspecified atom stereocenters. The van der Waals surface area contributed by atoms with E-state index in [1.807, 2.05) is 12.3 Å². The average Bonchev–Trinajstić information content (AvgIpc) is 1.85. The predicted molar refractivity (Wildman–Crippen MR) is 52.2 cm³/mol. The molecule has 0 aromatic carbocycles. The highest BCUT2D eigenvalue weighted by atomic mass is 14.6. The Morgan fingerprint density at radius 2 is 1.91 bits per heavy atom. The Kier molecular flexibility index (Phi) is 3.80. The van der Waals surface area contributed by atoms with Crippen molar-refractivity contribution in [3.05, 3.63) is 24.3 Å². The zero-order valence-electron chi connectivity index (χ0n) is 7.89. The normalized spacial score (nSPS) is 14.0. The minimum absolute atomic E-state index is 0.160. The highest BCUT2D eigenvalue weighted by Gasteiger charge is 2.13. The zero-order valence-corrected chi connectivity index (χ0v) is 7.89. The van der Waals surface area contributed by atoms with Crippen LogP contribution < -0.4 is 0 Å². The topological polar surface area (TPSA) is 12.4 Å². The van der Waals surface area contributed by atoms with E-state index in [0.29, 0.717) is 0 Å². The molecule has 0 atom stereocenters. The SMILES string of the molecule is C=C/C=C(\C=NC)C(C)(C)C. The maximum absolute atomic E-state index is 3.98. The van der Waals surface area contributed by atoms with Gasteiger partial charge in [-0.3, -0.25) is 4.99 Å². The van der Waals surface area contributed by atoms with Crippen molar-refractivity contribution in [3.63, 3.8) is 0 Å². The largest absolute Gasteiger partial charge is 0.296 e. The average molecular weight is 151 g/mol. The third-order valence-electron chi connectivity index (χ3n) is 1.43. The fourth-order valence-electron chi connectivity index (χ4n) is 0.753. The van der Waals surface area contributed by atoms with Crippen molar-refractivity contribution in [2.24, 2.45) is 10.4 Å². The fraction of sp³-hybridized carbons (Fsp3) is 0.500. The summed E-state index contributed by atoms with van der Waals surface area (Å²) in [6, 6.07) is 0. The lowest BCUT2D eigenvalue weighted by Gasteiger charge is -2.18. The minimum atomic E-state index is 0.160. The highest BCUT2D eigenvalue weighted by Crippen LogP contribution is 2.23. The summed E-state index contributed by atoms with van der Waals surface area (Å²) in [7, 11) is 1.78. The molecule has 0 aliphatic carbocycles. The van der Waals surface area contributed by atoms with Crippen LogP contribution in [0, 0.1) is 5.41 Å². The van der Waals surface area contributed by atoms with Gasteiger partial charge in [-0.1, -0.05) is 39.5 Å². The third kappa shape index (κ3) is 3.76. The van der Waals surface area contributed by atoms with Crippen molar-refractivity contribution in [1.82, 2.24) is 0 Å². The van der Waals surface area contributed by atoms with Crippen molar-refractivity contribution >= 4 is 6.21 Å². The Morgan fingerprint density at radius 3 is 2.18 bits per heavy atom. The van der Waals surface area contributed by atoms with Gasteiger partial charge in [-0.2, -0.15) is 0 Å². The molecule has 11 heavy (non-hydrogen) atoms. The first-order valence-corrected chi connectivity index (χ1v) is 3.77. The zero-order chi connectivity index (χ0) is 8.91. The van der Waals surface area contributed by atoms with E-state index < -0.39 is 0 Å². The van der Waals surface area contributed by atoms with E-state index in [1.54, 1.807) is 13.1 Å². The molecule has 0 spiro atoms. The van der Waals surface area contributed by atoms with Crippen LogP contribution in [0.3, 0.4) is 0 Å². The van der Waals surface area contributed by atoms with Crippen molar-refractivity contribution in [1.29, 1.82) is 0 Å². The van der Waals surface area contributed by atoms with Gasteiger partial charge in [-0.15, -0.1) is 0 Å². The van der Waals surface area contributed by atoms with E-state index in [4.69, 9.17) is 0 Å². The molecule has 0 bridgehead atoms. The molecule has 0 fully saturated rings. The Hall–Kier alpha value is -0.850. The predicted octanol–water partition coefficient (Wildman–Crippen LogP) is 2.85. The van der Waals surface area contributed by atoms with Gasteiger partial charge in [0.05, 0.1) is 0 Å². The molecular formula is C10H17N. The van der Waals surface area contributed by atoms with E-state index in [9.17, 15) is 0 Å². The number of hydrogen-bond acceptors (Lipinski definition) is 1. The Balaban J connectivity index is 4.61. The quantitative estimate of drug-likeness (QED) is 0.425. The van der Waals surface area contributed by atoms with Crippen LogP contribution in [0.2, 0.25) is 0 Å².